The Morgan fingerprint density at radius 2 is 1.85 bits per heavy atom. The average molecular weight is 365 g/mol. The second-order valence-electron chi connectivity index (χ2n) is 6.07. The summed E-state index contributed by atoms with van der Waals surface area (Å²) in [6.07, 6.45) is 8.38. The fraction of sp³-hybridized carbons (Fsp3) is 0.278. The Morgan fingerprint density at radius 1 is 1.04 bits per heavy atom. The van der Waals surface area contributed by atoms with Gasteiger partial charge >= 0.3 is 0 Å². The number of amides is 1. The molecule has 1 amide bonds. The molecule has 0 aromatic carbocycles. The zero-order chi connectivity index (χ0) is 18.6. The molecule has 9 nitrogen and oxygen atoms in total. The van der Waals surface area contributed by atoms with Crippen LogP contribution in [0.15, 0.2) is 49.4 Å². The largest absolute Gasteiger partial charge is 0.481 e. The van der Waals surface area contributed by atoms with Gasteiger partial charge in [-0.3, -0.25) is 9.36 Å². The molecule has 1 fully saturated rings. The molecule has 4 heterocycles. The lowest BCUT2D eigenvalue weighted by Gasteiger charge is -2.35. The van der Waals surface area contributed by atoms with E-state index in [1.807, 2.05) is 21.7 Å². The number of nitrogens with zero attached hydrogens (tertiary/aromatic N) is 7. The van der Waals surface area contributed by atoms with E-state index in [0.29, 0.717) is 37.6 Å². The Labute approximate surface area is 156 Å². The Balaban J connectivity index is 1.43. The molecule has 3 aromatic rings. The Bertz CT molecular complexity index is 921. The lowest BCUT2D eigenvalue weighted by molar-refractivity contribution is 0.0746. The van der Waals surface area contributed by atoms with Gasteiger partial charge in [0.25, 0.3) is 5.91 Å². The van der Waals surface area contributed by atoms with Crippen molar-refractivity contribution >= 4 is 11.7 Å². The number of imidazole rings is 1. The zero-order valence-electron chi connectivity index (χ0n) is 14.9. The minimum absolute atomic E-state index is 0.0165. The number of piperazine rings is 1. The molecule has 9 heteroatoms. The van der Waals surface area contributed by atoms with Crippen molar-refractivity contribution in [3.8, 4) is 11.7 Å². The van der Waals surface area contributed by atoms with Crippen LogP contribution < -0.4 is 9.64 Å². The summed E-state index contributed by atoms with van der Waals surface area (Å²) in [5.74, 6) is 2.02. The van der Waals surface area contributed by atoms with Gasteiger partial charge in [0, 0.05) is 62.5 Å². The summed E-state index contributed by atoms with van der Waals surface area (Å²) in [7, 11) is 1.54. The molecule has 0 unspecified atom stereocenters. The maximum Gasteiger partial charge on any atom is 0.254 e. The summed E-state index contributed by atoms with van der Waals surface area (Å²) >= 11 is 0. The van der Waals surface area contributed by atoms with E-state index in [0.717, 1.165) is 11.6 Å². The monoisotopic (exact) mass is 365 g/mol. The van der Waals surface area contributed by atoms with Gasteiger partial charge in [-0.15, -0.1) is 0 Å². The predicted octanol–water partition coefficient (Wildman–Crippen LogP) is 1.03. The third-order valence-corrected chi connectivity index (χ3v) is 4.49. The predicted molar refractivity (Wildman–Crippen MR) is 98.1 cm³/mol. The number of ether oxygens (including phenoxy) is 1. The van der Waals surface area contributed by atoms with Gasteiger partial charge in [0.1, 0.15) is 24.3 Å². The van der Waals surface area contributed by atoms with Crippen LogP contribution in [0, 0.1) is 0 Å². The SMILES string of the molecule is COc1cc(C(=O)N2CCN(c3cc(-n4ccnc4)ncn3)CC2)ccn1. The lowest BCUT2D eigenvalue weighted by Crippen LogP contribution is -2.49. The van der Waals surface area contributed by atoms with Crippen molar-refractivity contribution in [1.82, 2.24) is 29.4 Å². The van der Waals surface area contributed by atoms with Crippen LogP contribution in [0.5, 0.6) is 5.88 Å². The third-order valence-electron chi connectivity index (χ3n) is 4.49. The highest BCUT2D eigenvalue weighted by molar-refractivity contribution is 5.94. The number of hydrogen-bond acceptors (Lipinski definition) is 7. The molecule has 3 aromatic heterocycles. The Hall–Kier alpha value is -3.49. The van der Waals surface area contributed by atoms with Gasteiger partial charge in [-0.1, -0.05) is 0 Å². The van der Waals surface area contributed by atoms with Crippen molar-refractivity contribution < 1.29 is 9.53 Å². The molecule has 4 rings (SSSR count). The highest BCUT2D eigenvalue weighted by Gasteiger charge is 2.23. The second-order valence-corrected chi connectivity index (χ2v) is 6.07. The first-order chi connectivity index (χ1) is 13.2. The highest BCUT2D eigenvalue weighted by atomic mass is 16.5. The van der Waals surface area contributed by atoms with Crippen molar-refractivity contribution in [2.75, 3.05) is 38.2 Å². The highest BCUT2D eigenvalue weighted by Crippen LogP contribution is 2.18. The summed E-state index contributed by atoms with van der Waals surface area (Å²) in [4.78, 5) is 33.4. The van der Waals surface area contributed by atoms with Crippen molar-refractivity contribution in [2.24, 2.45) is 0 Å². The van der Waals surface area contributed by atoms with E-state index in [9.17, 15) is 4.79 Å². The normalized spacial score (nSPS) is 14.3. The topological polar surface area (TPSA) is 89.3 Å². The van der Waals surface area contributed by atoms with Crippen LogP contribution in [0.4, 0.5) is 5.82 Å². The zero-order valence-corrected chi connectivity index (χ0v) is 14.9. The van der Waals surface area contributed by atoms with Gasteiger partial charge in [0.15, 0.2) is 0 Å². The van der Waals surface area contributed by atoms with Crippen LogP contribution in [-0.4, -0.2) is 68.6 Å². The number of rotatable bonds is 4. The molecule has 0 aliphatic carbocycles. The van der Waals surface area contributed by atoms with Gasteiger partial charge in [0.05, 0.1) is 7.11 Å². The van der Waals surface area contributed by atoms with Crippen molar-refractivity contribution in [2.45, 2.75) is 0 Å². The Morgan fingerprint density at radius 3 is 2.59 bits per heavy atom. The third kappa shape index (κ3) is 3.57. The number of carbonyl (C=O) groups is 1. The first-order valence-electron chi connectivity index (χ1n) is 8.59. The maximum absolute atomic E-state index is 12.7. The van der Waals surface area contributed by atoms with E-state index >= 15 is 0 Å². The van der Waals surface area contributed by atoms with Gasteiger partial charge < -0.3 is 14.5 Å². The van der Waals surface area contributed by atoms with Crippen molar-refractivity contribution in [3.05, 3.63) is 55.0 Å². The smallest absolute Gasteiger partial charge is 0.254 e. The molecular formula is C18H19N7O2. The minimum atomic E-state index is -0.0165. The fourth-order valence-corrected chi connectivity index (χ4v) is 3.02. The average Bonchev–Trinajstić information content (AvgIpc) is 3.28. The summed E-state index contributed by atoms with van der Waals surface area (Å²) in [5.41, 5.74) is 0.583. The number of carbonyl (C=O) groups excluding carboxylic acids is 1. The first kappa shape index (κ1) is 17.0. The van der Waals surface area contributed by atoms with Crippen LogP contribution in [0.2, 0.25) is 0 Å². The Kier molecular flexibility index (Phi) is 4.65. The van der Waals surface area contributed by atoms with Gasteiger partial charge in [0.2, 0.25) is 5.88 Å². The van der Waals surface area contributed by atoms with E-state index in [1.54, 1.807) is 37.2 Å². The standard InChI is InChI=1S/C18H19N7O2/c1-27-17-10-14(2-3-20-17)18(26)24-8-6-23(7-9-24)15-11-16(22-12-21-15)25-5-4-19-13-25/h2-5,10-13H,6-9H2,1H3. The van der Waals surface area contributed by atoms with Crippen LogP contribution in [0.1, 0.15) is 10.4 Å². The number of pyridine rings is 1. The fourth-order valence-electron chi connectivity index (χ4n) is 3.02. The molecule has 138 valence electrons. The van der Waals surface area contributed by atoms with E-state index in [-0.39, 0.29) is 5.91 Å². The first-order valence-corrected chi connectivity index (χ1v) is 8.59. The molecular weight excluding hydrogens is 346 g/mol. The van der Waals surface area contributed by atoms with E-state index in [1.165, 1.54) is 7.11 Å². The molecule has 1 saturated heterocycles. The molecule has 27 heavy (non-hydrogen) atoms. The quantitative estimate of drug-likeness (QED) is 0.682. The molecule has 1 aliphatic heterocycles. The van der Waals surface area contributed by atoms with Gasteiger partial charge in [-0.05, 0) is 6.07 Å². The van der Waals surface area contributed by atoms with Gasteiger partial charge in [-0.25, -0.2) is 19.9 Å². The minimum Gasteiger partial charge on any atom is -0.481 e. The van der Waals surface area contributed by atoms with Crippen LogP contribution in [0.3, 0.4) is 0 Å². The summed E-state index contributed by atoms with van der Waals surface area (Å²) in [6.45, 7) is 2.64. The molecule has 0 N–H and O–H groups in total. The lowest BCUT2D eigenvalue weighted by atomic mass is 10.2. The van der Waals surface area contributed by atoms with Crippen molar-refractivity contribution in [3.63, 3.8) is 0 Å². The van der Waals surface area contributed by atoms with E-state index < -0.39 is 0 Å². The summed E-state index contributed by atoms with van der Waals surface area (Å²) in [5, 5.41) is 0. The molecule has 1 aliphatic rings. The summed E-state index contributed by atoms with van der Waals surface area (Å²) < 4.78 is 6.93. The number of methoxy groups -OCH3 is 1. The molecule has 0 radical (unpaired) electrons. The van der Waals surface area contributed by atoms with Crippen LogP contribution in [0.25, 0.3) is 5.82 Å². The van der Waals surface area contributed by atoms with Crippen LogP contribution >= 0.6 is 0 Å². The molecule has 0 atom stereocenters. The maximum atomic E-state index is 12.7. The number of anilines is 1. The second kappa shape index (κ2) is 7.40. The molecule has 0 bridgehead atoms. The number of aromatic nitrogens is 5. The van der Waals surface area contributed by atoms with Gasteiger partial charge in [-0.2, -0.15) is 0 Å². The van der Waals surface area contributed by atoms with Crippen molar-refractivity contribution in [1.29, 1.82) is 0 Å². The molecule has 0 spiro atoms. The molecule has 0 saturated carbocycles. The number of hydrogen-bond donors (Lipinski definition) is 0. The summed E-state index contributed by atoms with van der Waals surface area (Å²) in [6, 6.07) is 5.29. The van der Waals surface area contributed by atoms with E-state index in [4.69, 9.17) is 4.74 Å². The van der Waals surface area contributed by atoms with Crippen LogP contribution in [-0.2, 0) is 0 Å². The van der Waals surface area contributed by atoms with E-state index in [2.05, 4.69) is 24.8 Å².